The first-order valence-electron chi connectivity index (χ1n) is 8.45. The Morgan fingerprint density at radius 3 is 1.80 bits per heavy atom. The van der Waals surface area contributed by atoms with E-state index in [1.54, 1.807) is 0 Å². The number of hydrogen-bond donors (Lipinski definition) is 0. The van der Waals surface area contributed by atoms with Gasteiger partial charge in [-0.2, -0.15) is 0 Å². The highest BCUT2D eigenvalue weighted by molar-refractivity contribution is 5.94. The van der Waals surface area contributed by atoms with Crippen LogP contribution in [0.15, 0.2) is 54.6 Å². The minimum atomic E-state index is -0.465. The molecule has 0 saturated heterocycles. The van der Waals surface area contributed by atoms with E-state index in [1.165, 1.54) is 18.1 Å². The first-order chi connectivity index (χ1) is 12.0. The van der Waals surface area contributed by atoms with Gasteiger partial charge in [-0.3, -0.25) is 9.59 Å². The molecule has 3 heteroatoms. The molecule has 0 aliphatic rings. The molecule has 2 aromatic carbocycles. The molecular formula is C22H24O3. The third kappa shape index (κ3) is 6.03. The van der Waals surface area contributed by atoms with Crippen molar-refractivity contribution in [2.45, 2.75) is 33.6 Å². The second kappa shape index (κ2) is 8.97. The van der Waals surface area contributed by atoms with Gasteiger partial charge in [0.25, 0.3) is 0 Å². The predicted octanol–water partition coefficient (Wildman–Crippen LogP) is 4.65. The summed E-state index contributed by atoms with van der Waals surface area (Å²) < 4.78 is 5.11. The topological polar surface area (TPSA) is 43.4 Å². The number of carbonyl (C=O) groups is 2. The van der Waals surface area contributed by atoms with E-state index in [0.29, 0.717) is 6.42 Å². The Kier molecular flexibility index (Phi) is 6.70. The third-order valence-corrected chi connectivity index (χ3v) is 3.85. The largest absolute Gasteiger partial charge is 0.465 e. The lowest BCUT2D eigenvalue weighted by Gasteiger charge is -2.10. The lowest BCUT2D eigenvalue weighted by atomic mass is 9.95. The zero-order valence-electron chi connectivity index (χ0n) is 15.0. The molecule has 2 rings (SSSR count). The highest BCUT2D eigenvalue weighted by Gasteiger charge is 2.07. The van der Waals surface area contributed by atoms with Gasteiger partial charge in [0.15, 0.2) is 0 Å². The van der Waals surface area contributed by atoms with Crippen molar-refractivity contribution >= 4 is 17.3 Å². The molecule has 0 radical (unpaired) electrons. The molecule has 0 amide bonds. The molecule has 130 valence electrons. The highest BCUT2D eigenvalue weighted by Crippen LogP contribution is 2.24. The number of Topliss-reactive ketones (excluding diaryl/α,β-unsaturated/α-hetero) is 1. The Morgan fingerprint density at radius 1 is 0.880 bits per heavy atom. The van der Waals surface area contributed by atoms with Crippen LogP contribution < -0.4 is 0 Å². The number of esters is 1. The van der Waals surface area contributed by atoms with Gasteiger partial charge in [-0.25, -0.2) is 0 Å². The van der Waals surface area contributed by atoms with Crippen LogP contribution in [-0.2, 0) is 14.3 Å². The minimum Gasteiger partial charge on any atom is -0.465 e. The van der Waals surface area contributed by atoms with Gasteiger partial charge in [-0.1, -0.05) is 65.7 Å². The number of ketones is 1. The van der Waals surface area contributed by atoms with Crippen molar-refractivity contribution in [3.8, 4) is 0 Å². The Labute approximate surface area is 149 Å². The molecule has 0 aromatic heterocycles. The maximum Gasteiger partial charge on any atom is 0.313 e. The van der Waals surface area contributed by atoms with Crippen LogP contribution in [0.2, 0.25) is 0 Å². The molecular weight excluding hydrogens is 312 g/mol. The zero-order valence-corrected chi connectivity index (χ0v) is 15.0. The summed E-state index contributed by atoms with van der Waals surface area (Å²) in [6.07, 6.45) is 2.52. The maximum absolute atomic E-state index is 11.4. The van der Waals surface area contributed by atoms with Gasteiger partial charge in [0.2, 0.25) is 0 Å². The number of hydrogen-bond acceptors (Lipinski definition) is 3. The normalized spacial score (nSPS) is 10.2. The van der Waals surface area contributed by atoms with E-state index in [0.717, 1.165) is 16.7 Å². The fourth-order valence-electron chi connectivity index (χ4n) is 2.50. The number of aryl methyl sites for hydroxylation is 2. The lowest BCUT2D eigenvalue weighted by molar-refractivity contribution is -0.145. The Bertz CT molecular complexity index is 705. The Balaban J connectivity index is 2.14. The maximum atomic E-state index is 11.4. The van der Waals surface area contributed by atoms with E-state index in [1.807, 2.05) is 0 Å². The molecule has 2 aromatic rings. The van der Waals surface area contributed by atoms with Crippen LogP contribution in [0.25, 0.3) is 5.57 Å². The monoisotopic (exact) mass is 336 g/mol. The molecule has 0 bridgehead atoms. The summed E-state index contributed by atoms with van der Waals surface area (Å²) in [5.74, 6) is -0.645. The predicted molar refractivity (Wildman–Crippen MR) is 100 cm³/mol. The summed E-state index contributed by atoms with van der Waals surface area (Å²) >= 11 is 0. The van der Waals surface area contributed by atoms with Gasteiger partial charge in [-0.05, 0) is 37.5 Å². The number of rotatable bonds is 7. The van der Waals surface area contributed by atoms with Crippen LogP contribution in [0.1, 0.15) is 42.0 Å². The van der Waals surface area contributed by atoms with E-state index in [9.17, 15) is 9.59 Å². The zero-order chi connectivity index (χ0) is 18.2. The van der Waals surface area contributed by atoms with Crippen molar-refractivity contribution in [1.82, 2.24) is 0 Å². The van der Waals surface area contributed by atoms with Crippen molar-refractivity contribution in [2.24, 2.45) is 0 Å². The molecule has 25 heavy (non-hydrogen) atoms. The first kappa shape index (κ1) is 18.7. The second-order valence-electron chi connectivity index (χ2n) is 6.24. The average molecular weight is 336 g/mol. The van der Waals surface area contributed by atoms with E-state index in [4.69, 9.17) is 4.74 Å². The third-order valence-electron chi connectivity index (χ3n) is 3.85. The van der Waals surface area contributed by atoms with Gasteiger partial charge in [0, 0.05) is 6.42 Å². The van der Waals surface area contributed by atoms with E-state index in [2.05, 4.69) is 68.5 Å². The van der Waals surface area contributed by atoms with Crippen molar-refractivity contribution in [2.75, 3.05) is 6.61 Å². The minimum absolute atomic E-state index is 0.160. The molecule has 3 nitrogen and oxygen atoms in total. The number of benzene rings is 2. The quantitative estimate of drug-likeness (QED) is 0.420. The molecule has 0 fully saturated rings. The smallest absolute Gasteiger partial charge is 0.313 e. The highest BCUT2D eigenvalue weighted by atomic mass is 16.5. The van der Waals surface area contributed by atoms with E-state index in [-0.39, 0.29) is 18.8 Å². The van der Waals surface area contributed by atoms with Crippen molar-refractivity contribution in [1.29, 1.82) is 0 Å². The fourth-order valence-corrected chi connectivity index (χ4v) is 2.50. The number of ether oxygens (including phenoxy) is 1. The lowest BCUT2D eigenvalue weighted by Crippen LogP contribution is -2.09. The second-order valence-corrected chi connectivity index (χ2v) is 6.24. The summed E-state index contributed by atoms with van der Waals surface area (Å²) in [6.45, 7) is 5.78. The van der Waals surface area contributed by atoms with E-state index >= 15 is 0 Å². The van der Waals surface area contributed by atoms with Crippen LogP contribution in [0, 0.1) is 13.8 Å². The molecule has 0 N–H and O–H groups in total. The first-order valence-corrected chi connectivity index (χ1v) is 8.45. The summed E-state index contributed by atoms with van der Waals surface area (Å²) in [7, 11) is 0. The van der Waals surface area contributed by atoms with Crippen molar-refractivity contribution in [3.05, 3.63) is 76.9 Å². The van der Waals surface area contributed by atoms with Crippen LogP contribution >= 0.6 is 0 Å². The molecule has 0 aliphatic heterocycles. The van der Waals surface area contributed by atoms with Gasteiger partial charge >= 0.3 is 5.97 Å². The van der Waals surface area contributed by atoms with Gasteiger partial charge < -0.3 is 4.74 Å². The van der Waals surface area contributed by atoms with Crippen LogP contribution in [0.3, 0.4) is 0 Å². The molecule has 0 heterocycles. The van der Waals surface area contributed by atoms with Crippen molar-refractivity contribution in [3.63, 3.8) is 0 Å². The van der Waals surface area contributed by atoms with Gasteiger partial charge in [-0.15, -0.1) is 0 Å². The summed E-state index contributed by atoms with van der Waals surface area (Å²) in [5.41, 5.74) is 5.80. The van der Waals surface area contributed by atoms with Crippen molar-refractivity contribution < 1.29 is 14.3 Å². The Morgan fingerprint density at radius 2 is 1.36 bits per heavy atom. The molecule has 0 saturated carbocycles. The average Bonchev–Trinajstić information content (AvgIpc) is 2.56. The summed E-state index contributed by atoms with van der Waals surface area (Å²) in [5, 5.41) is 0. The fraction of sp³-hybridized carbons (Fsp3) is 0.273. The standard InChI is InChI=1S/C22H24O3/c1-16-6-10-19(11-7-16)21(20-12-8-17(2)9-13-20)5-4-14-25-22(24)15-18(3)23/h5-13H,4,14-15H2,1-3H3. The summed E-state index contributed by atoms with van der Waals surface area (Å²) in [4.78, 5) is 22.4. The van der Waals surface area contributed by atoms with Crippen LogP contribution in [-0.4, -0.2) is 18.4 Å². The van der Waals surface area contributed by atoms with Crippen LogP contribution in [0.4, 0.5) is 0 Å². The van der Waals surface area contributed by atoms with Gasteiger partial charge in [0.1, 0.15) is 12.2 Å². The summed E-state index contributed by atoms with van der Waals surface area (Å²) in [6, 6.07) is 16.8. The molecule has 0 aliphatic carbocycles. The molecule has 0 spiro atoms. The van der Waals surface area contributed by atoms with Gasteiger partial charge in [0.05, 0.1) is 6.61 Å². The number of carbonyl (C=O) groups excluding carboxylic acids is 2. The SMILES string of the molecule is CC(=O)CC(=O)OCCC=C(c1ccc(C)cc1)c1ccc(C)cc1. The van der Waals surface area contributed by atoms with E-state index < -0.39 is 5.97 Å². The Hall–Kier alpha value is -2.68. The molecule has 0 atom stereocenters. The van der Waals surface area contributed by atoms with Crippen LogP contribution in [0.5, 0.6) is 0 Å². The molecule has 0 unspecified atom stereocenters.